The summed E-state index contributed by atoms with van der Waals surface area (Å²) < 4.78 is 10.8. The normalized spacial score (nSPS) is 12.0. The second-order valence-corrected chi connectivity index (χ2v) is 5.70. The molecular weight excluding hydrogens is 314 g/mol. The molecule has 25 heavy (non-hydrogen) atoms. The number of methoxy groups -OCH3 is 1. The molecule has 0 bridgehead atoms. The van der Waals surface area contributed by atoms with Crippen LogP contribution in [0.25, 0.3) is 6.08 Å². The predicted octanol–water partition coefficient (Wildman–Crippen LogP) is 4.33. The van der Waals surface area contributed by atoms with Crippen LogP contribution in [0.2, 0.25) is 0 Å². The summed E-state index contributed by atoms with van der Waals surface area (Å²) in [7, 11) is 3.43. The van der Waals surface area contributed by atoms with Gasteiger partial charge in [0.05, 0.1) is 19.8 Å². The number of nitrogens with zero attached hydrogens (tertiary/aromatic N) is 1. The lowest BCUT2D eigenvalue weighted by molar-refractivity contribution is -0.126. The molecule has 0 radical (unpaired) electrons. The molecule has 0 N–H and O–H groups in total. The summed E-state index contributed by atoms with van der Waals surface area (Å²) in [5, 5.41) is 0. The molecule has 0 aliphatic rings. The van der Waals surface area contributed by atoms with Crippen LogP contribution in [0.3, 0.4) is 0 Å². The Morgan fingerprint density at radius 3 is 2.48 bits per heavy atom. The predicted molar refractivity (Wildman–Crippen MR) is 101 cm³/mol. The molecule has 1 amide bonds. The lowest BCUT2D eigenvalue weighted by Gasteiger charge is -2.25. The van der Waals surface area contributed by atoms with Gasteiger partial charge in [0.2, 0.25) is 5.91 Å². The topological polar surface area (TPSA) is 38.8 Å². The Kier molecular flexibility index (Phi) is 6.63. The molecule has 0 aromatic heterocycles. The molecular formula is C21H25NO3. The maximum Gasteiger partial charge on any atom is 0.246 e. The van der Waals surface area contributed by atoms with Crippen molar-refractivity contribution >= 4 is 12.0 Å². The van der Waals surface area contributed by atoms with Crippen LogP contribution < -0.4 is 9.47 Å². The second-order valence-electron chi connectivity index (χ2n) is 5.70. The zero-order chi connectivity index (χ0) is 18.2. The Morgan fingerprint density at radius 1 is 1.16 bits per heavy atom. The second kappa shape index (κ2) is 8.92. The van der Waals surface area contributed by atoms with Gasteiger partial charge in [-0.25, -0.2) is 0 Å². The minimum Gasteiger partial charge on any atom is -0.496 e. The molecule has 0 aliphatic carbocycles. The number of carbonyl (C=O) groups is 1. The molecule has 2 aromatic rings. The quantitative estimate of drug-likeness (QED) is 0.705. The third kappa shape index (κ3) is 4.86. The van der Waals surface area contributed by atoms with E-state index < -0.39 is 0 Å². The van der Waals surface area contributed by atoms with Gasteiger partial charge in [-0.05, 0) is 43.7 Å². The zero-order valence-electron chi connectivity index (χ0n) is 15.2. The van der Waals surface area contributed by atoms with E-state index in [-0.39, 0.29) is 11.9 Å². The van der Waals surface area contributed by atoms with Crippen molar-refractivity contribution in [2.45, 2.75) is 19.9 Å². The Labute approximate surface area is 149 Å². The maximum atomic E-state index is 12.5. The fraction of sp³-hybridized carbons (Fsp3) is 0.286. The van der Waals surface area contributed by atoms with Crippen molar-refractivity contribution in [3.05, 3.63) is 65.7 Å². The SMILES string of the molecule is CCOc1ccc(/C=C/C(=O)N(C)C(C)c2ccccc2OC)cc1. The maximum absolute atomic E-state index is 12.5. The molecule has 1 atom stereocenters. The Hall–Kier alpha value is -2.75. The van der Waals surface area contributed by atoms with Crippen molar-refractivity contribution < 1.29 is 14.3 Å². The van der Waals surface area contributed by atoms with Gasteiger partial charge in [0.1, 0.15) is 11.5 Å². The van der Waals surface area contributed by atoms with Crippen molar-refractivity contribution in [3.63, 3.8) is 0 Å². The van der Waals surface area contributed by atoms with Gasteiger partial charge >= 0.3 is 0 Å². The number of rotatable bonds is 7. The average molecular weight is 339 g/mol. The highest BCUT2D eigenvalue weighted by molar-refractivity contribution is 5.91. The molecule has 2 rings (SSSR count). The van der Waals surface area contributed by atoms with E-state index in [0.717, 1.165) is 22.6 Å². The summed E-state index contributed by atoms with van der Waals surface area (Å²) in [6.07, 6.45) is 3.39. The van der Waals surface area contributed by atoms with Gasteiger partial charge in [0.15, 0.2) is 0 Å². The molecule has 4 nitrogen and oxygen atoms in total. The van der Waals surface area contributed by atoms with E-state index >= 15 is 0 Å². The third-order valence-corrected chi connectivity index (χ3v) is 4.13. The van der Waals surface area contributed by atoms with Gasteiger partial charge in [0.25, 0.3) is 0 Å². The van der Waals surface area contributed by atoms with Gasteiger partial charge < -0.3 is 14.4 Å². The van der Waals surface area contributed by atoms with Crippen LogP contribution >= 0.6 is 0 Å². The van der Waals surface area contributed by atoms with Crippen molar-refractivity contribution in [1.29, 1.82) is 0 Å². The van der Waals surface area contributed by atoms with Crippen LogP contribution in [0.1, 0.15) is 31.0 Å². The van der Waals surface area contributed by atoms with Crippen LogP contribution in [-0.2, 0) is 4.79 Å². The first-order valence-corrected chi connectivity index (χ1v) is 8.37. The van der Waals surface area contributed by atoms with Crippen LogP contribution in [0, 0.1) is 0 Å². The number of benzene rings is 2. The van der Waals surface area contributed by atoms with Crippen molar-refractivity contribution in [3.8, 4) is 11.5 Å². The highest BCUT2D eigenvalue weighted by atomic mass is 16.5. The zero-order valence-corrected chi connectivity index (χ0v) is 15.2. The van der Waals surface area contributed by atoms with Crippen LogP contribution in [0.15, 0.2) is 54.6 Å². The van der Waals surface area contributed by atoms with Gasteiger partial charge in [-0.15, -0.1) is 0 Å². The standard InChI is InChI=1S/C21H25NO3/c1-5-25-18-13-10-17(11-14-18)12-15-21(23)22(3)16(2)19-8-6-7-9-20(19)24-4/h6-16H,5H2,1-4H3/b15-12+. The van der Waals surface area contributed by atoms with Gasteiger partial charge in [-0.3, -0.25) is 4.79 Å². The lowest BCUT2D eigenvalue weighted by Crippen LogP contribution is -2.28. The van der Waals surface area contributed by atoms with Crippen LogP contribution in [0.4, 0.5) is 0 Å². The van der Waals surface area contributed by atoms with Crippen LogP contribution in [-0.4, -0.2) is 31.6 Å². The van der Waals surface area contributed by atoms with E-state index in [1.54, 1.807) is 25.1 Å². The van der Waals surface area contributed by atoms with E-state index in [1.807, 2.05) is 68.5 Å². The minimum atomic E-state index is -0.0892. The first kappa shape index (κ1) is 18.6. The summed E-state index contributed by atoms with van der Waals surface area (Å²) in [5.41, 5.74) is 1.94. The lowest BCUT2D eigenvalue weighted by atomic mass is 10.1. The molecule has 2 aromatic carbocycles. The smallest absolute Gasteiger partial charge is 0.246 e. The van der Waals surface area contributed by atoms with E-state index in [2.05, 4.69) is 0 Å². The molecule has 0 saturated heterocycles. The van der Waals surface area contributed by atoms with Crippen molar-refractivity contribution in [1.82, 2.24) is 4.90 Å². The van der Waals surface area contributed by atoms with E-state index in [4.69, 9.17) is 9.47 Å². The molecule has 0 fully saturated rings. The number of ether oxygens (including phenoxy) is 2. The molecule has 0 spiro atoms. The van der Waals surface area contributed by atoms with Gasteiger partial charge in [-0.2, -0.15) is 0 Å². The fourth-order valence-electron chi connectivity index (χ4n) is 2.54. The van der Waals surface area contributed by atoms with Gasteiger partial charge in [-0.1, -0.05) is 30.3 Å². The Morgan fingerprint density at radius 2 is 1.84 bits per heavy atom. The number of para-hydroxylation sites is 1. The number of hydrogen-bond acceptors (Lipinski definition) is 3. The van der Waals surface area contributed by atoms with E-state index in [9.17, 15) is 4.79 Å². The van der Waals surface area contributed by atoms with Crippen molar-refractivity contribution in [2.24, 2.45) is 0 Å². The number of likely N-dealkylation sites (N-methyl/N-ethyl adjacent to an activating group) is 1. The molecule has 0 heterocycles. The molecule has 1 unspecified atom stereocenters. The highest BCUT2D eigenvalue weighted by Gasteiger charge is 2.18. The monoisotopic (exact) mass is 339 g/mol. The molecule has 0 saturated carbocycles. The van der Waals surface area contributed by atoms with E-state index in [1.165, 1.54) is 0 Å². The summed E-state index contributed by atoms with van der Waals surface area (Å²) in [5.74, 6) is 1.55. The summed E-state index contributed by atoms with van der Waals surface area (Å²) >= 11 is 0. The average Bonchev–Trinajstić information content (AvgIpc) is 2.66. The molecule has 132 valence electrons. The summed E-state index contributed by atoms with van der Waals surface area (Å²) in [6, 6.07) is 15.3. The van der Waals surface area contributed by atoms with Gasteiger partial charge in [0, 0.05) is 18.7 Å². The minimum absolute atomic E-state index is 0.0627. The van der Waals surface area contributed by atoms with E-state index in [0.29, 0.717) is 6.61 Å². The number of carbonyl (C=O) groups excluding carboxylic acids is 1. The Bertz CT molecular complexity index is 722. The Balaban J connectivity index is 2.06. The fourth-order valence-corrected chi connectivity index (χ4v) is 2.54. The number of hydrogen-bond donors (Lipinski definition) is 0. The van der Waals surface area contributed by atoms with Crippen LogP contribution in [0.5, 0.6) is 11.5 Å². The first-order valence-electron chi connectivity index (χ1n) is 8.37. The summed E-state index contributed by atoms with van der Waals surface area (Å²) in [6.45, 7) is 4.57. The molecule has 4 heteroatoms. The first-order chi connectivity index (χ1) is 12.1. The van der Waals surface area contributed by atoms with Crippen molar-refractivity contribution in [2.75, 3.05) is 20.8 Å². The largest absolute Gasteiger partial charge is 0.496 e. The highest BCUT2D eigenvalue weighted by Crippen LogP contribution is 2.28. The third-order valence-electron chi connectivity index (χ3n) is 4.13. The number of amides is 1. The summed E-state index contributed by atoms with van der Waals surface area (Å²) in [4.78, 5) is 14.2. The molecule has 0 aliphatic heterocycles.